The maximum Gasteiger partial charge on any atom is 0.369 e. The second kappa shape index (κ2) is 6.66. The molecule has 0 unspecified atom stereocenters. The molecule has 9 heteroatoms. The van der Waals surface area contributed by atoms with Crippen LogP contribution < -0.4 is 14.4 Å². The van der Waals surface area contributed by atoms with E-state index in [4.69, 9.17) is 4.74 Å². The van der Waals surface area contributed by atoms with Crippen molar-refractivity contribution in [1.82, 2.24) is 4.98 Å². The molecular formula is C18H14FN5O3. The maximum absolute atomic E-state index is 14.7. The SMILES string of the molecule is N#Cc1c(-c2ccncc2)[n+]([O-])c2cc(F)c(N3CCOCC3)cc2[n+]1[O-]. The lowest BCUT2D eigenvalue weighted by Gasteiger charge is -2.28. The molecule has 8 nitrogen and oxygen atoms in total. The minimum Gasteiger partial charge on any atom is -0.617 e. The average molecular weight is 367 g/mol. The van der Waals surface area contributed by atoms with E-state index in [2.05, 4.69) is 4.98 Å². The van der Waals surface area contributed by atoms with Crippen molar-refractivity contribution in [2.75, 3.05) is 31.2 Å². The predicted molar refractivity (Wildman–Crippen MR) is 92.8 cm³/mol. The molecule has 3 heterocycles. The first kappa shape index (κ1) is 16.9. The second-order valence-corrected chi connectivity index (χ2v) is 6.03. The van der Waals surface area contributed by atoms with Crippen LogP contribution in [0.3, 0.4) is 0 Å². The van der Waals surface area contributed by atoms with Gasteiger partial charge in [0.15, 0.2) is 11.9 Å². The number of nitriles is 1. The quantitative estimate of drug-likeness (QED) is 0.495. The number of aromatic nitrogens is 3. The van der Waals surface area contributed by atoms with Crippen molar-refractivity contribution in [2.45, 2.75) is 0 Å². The Morgan fingerprint density at radius 3 is 2.44 bits per heavy atom. The Morgan fingerprint density at radius 1 is 1.11 bits per heavy atom. The first-order valence-corrected chi connectivity index (χ1v) is 8.27. The zero-order valence-corrected chi connectivity index (χ0v) is 14.1. The number of ether oxygens (including phenoxy) is 1. The van der Waals surface area contributed by atoms with Gasteiger partial charge in [-0.3, -0.25) is 4.98 Å². The summed E-state index contributed by atoms with van der Waals surface area (Å²) in [4.78, 5) is 5.61. The highest BCUT2D eigenvalue weighted by atomic mass is 19.1. The summed E-state index contributed by atoms with van der Waals surface area (Å²) < 4.78 is 20.8. The van der Waals surface area contributed by atoms with E-state index in [1.165, 1.54) is 30.6 Å². The number of benzene rings is 1. The van der Waals surface area contributed by atoms with E-state index in [0.29, 0.717) is 41.3 Å². The van der Waals surface area contributed by atoms with Crippen molar-refractivity contribution in [2.24, 2.45) is 0 Å². The minimum atomic E-state index is -0.612. The van der Waals surface area contributed by atoms with Gasteiger partial charge in [0.1, 0.15) is 0 Å². The van der Waals surface area contributed by atoms with E-state index in [0.717, 1.165) is 6.07 Å². The Bertz CT molecular complexity index is 1060. The monoisotopic (exact) mass is 367 g/mol. The standard InChI is InChI=1S/C18H14FN5O3/c19-13-9-15-16(10-14(13)22-5-7-27-8-6-22)23(25)17(11-20)18(24(15)26)12-1-3-21-4-2-12/h1-4,9-10H,5-8H2. The predicted octanol–water partition coefficient (Wildman–Crippen LogP) is 1.02. The van der Waals surface area contributed by atoms with Gasteiger partial charge in [0.05, 0.1) is 30.5 Å². The van der Waals surface area contributed by atoms with Crippen LogP contribution in [0, 0.1) is 27.6 Å². The Morgan fingerprint density at radius 2 is 1.78 bits per heavy atom. The van der Waals surface area contributed by atoms with Crippen LogP contribution in [0.1, 0.15) is 5.69 Å². The van der Waals surface area contributed by atoms with Gasteiger partial charge in [0.25, 0.3) is 11.0 Å². The molecule has 0 atom stereocenters. The zero-order valence-electron chi connectivity index (χ0n) is 14.1. The van der Waals surface area contributed by atoms with Crippen molar-refractivity contribution >= 4 is 16.7 Å². The highest BCUT2D eigenvalue weighted by Crippen LogP contribution is 2.26. The van der Waals surface area contributed by atoms with Crippen molar-refractivity contribution < 1.29 is 18.6 Å². The molecule has 1 aliphatic heterocycles. The molecule has 3 aromatic rings. The summed E-state index contributed by atoms with van der Waals surface area (Å²) in [5, 5.41) is 35.2. The number of rotatable bonds is 2. The highest BCUT2D eigenvalue weighted by Gasteiger charge is 2.31. The van der Waals surface area contributed by atoms with Crippen LogP contribution in [-0.4, -0.2) is 31.3 Å². The van der Waals surface area contributed by atoms with E-state index >= 15 is 0 Å². The van der Waals surface area contributed by atoms with Crippen molar-refractivity contribution in [3.63, 3.8) is 0 Å². The molecule has 0 spiro atoms. The second-order valence-electron chi connectivity index (χ2n) is 6.03. The maximum atomic E-state index is 14.7. The number of hydrogen-bond donors (Lipinski definition) is 0. The van der Waals surface area contributed by atoms with Crippen LogP contribution in [0.5, 0.6) is 0 Å². The molecule has 1 saturated heterocycles. The van der Waals surface area contributed by atoms with Gasteiger partial charge in [-0.25, -0.2) is 4.39 Å². The van der Waals surface area contributed by atoms with Gasteiger partial charge >= 0.3 is 11.4 Å². The highest BCUT2D eigenvalue weighted by molar-refractivity contribution is 5.76. The van der Waals surface area contributed by atoms with E-state index in [1.54, 1.807) is 11.0 Å². The third kappa shape index (κ3) is 2.76. The molecule has 136 valence electrons. The van der Waals surface area contributed by atoms with E-state index in [1.807, 2.05) is 0 Å². The lowest BCUT2D eigenvalue weighted by Crippen LogP contribution is -2.44. The van der Waals surface area contributed by atoms with Crippen LogP contribution in [0.2, 0.25) is 0 Å². The molecule has 0 saturated carbocycles. The lowest BCUT2D eigenvalue weighted by atomic mass is 10.1. The van der Waals surface area contributed by atoms with Crippen LogP contribution in [0.25, 0.3) is 22.3 Å². The third-order valence-electron chi connectivity index (χ3n) is 4.52. The molecule has 27 heavy (non-hydrogen) atoms. The fourth-order valence-corrected chi connectivity index (χ4v) is 3.21. The third-order valence-corrected chi connectivity index (χ3v) is 4.52. The molecule has 0 amide bonds. The van der Waals surface area contributed by atoms with Crippen LogP contribution in [-0.2, 0) is 4.74 Å². The van der Waals surface area contributed by atoms with E-state index in [9.17, 15) is 20.1 Å². The first-order valence-electron chi connectivity index (χ1n) is 8.27. The summed E-state index contributed by atoms with van der Waals surface area (Å²) in [5.41, 5.74) is -0.159. The fraction of sp³-hybridized carbons (Fsp3) is 0.222. The van der Waals surface area contributed by atoms with Gasteiger partial charge in [0.2, 0.25) is 0 Å². The lowest BCUT2D eigenvalue weighted by molar-refractivity contribution is -0.622. The number of morpholine rings is 1. The van der Waals surface area contributed by atoms with Gasteiger partial charge in [0, 0.05) is 31.5 Å². The summed E-state index contributed by atoms with van der Waals surface area (Å²) in [7, 11) is 0. The molecule has 1 aromatic carbocycles. The van der Waals surface area contributed by atoms with Crippen LogP contribution in [0.15, 0.2) is 36.7 Å². The molecule has 1 aliphatic rings. The summed E-state index contributed by atoms with van der Waals surface area (Å²) >= 11 is 0. The number of hydrogen-bond acceptors (Lipinski definition) is 6. The normalized spacial score (nSPS) is 14.3. The summed E-state index contributed by atoms with van der Waals surface area (Å²) in [6, 6.07) is 7.16. The Labute approximate surface area is 153 Å². The number of fused-ring (bicyclic) bond motifs is 1. The Hall–Kier alpha value is -3.51. The van der Waals surface area contributed by atoms with Gasteiger partial charge in [-0.2, -0.15) is 9.99 Å². The molecule has 0 N–H and O–H groups in total. The van der Waals surface area contributed by atoms with Gasteiger partial charge in [-0.1, -0.05) is 0 Å². The number of pyridine rings is 1. The van der Waals surface area contributed by atoms with E-state index in [-0.39, 0.29) is 28.1 Å². The molecule has 2 aromatic heterocycles. The average Bonchev–Trinajstić information content (AvgIpc) is 2.71. The number of halogens is 1. The Balaban J connectivity index is 1.99. The smallest absolute Gasteiger partial charge is 0.369 e. The van der Waals surface area contributed by atoms with E-state index < -0.39 is 5.82 Å². The van der Waals surface area contributed by atoms with Crippen LogP contribution >= 0.6 is 0 Å². The molecule has 0 aliphatic carbocycles. The van der Waals surface area contributed by atoms with Crippen molar-refractivity contribution in [3.05, 3.63) is 58.6 Å². The van der Waals surface area contributed by atoms with Gasteiger partial charge in [-0.15, -0.1) is 4.73 Å². The Kier molecular flexibility index (Phi) is 4.18. The fourth-order valence-electron chi connectivity index (χ4n) is 3.21. The first-order chi connectivity index (χ1) is 13.1. The van der Waals surface area contributed by atoms with Crippen LogP contribution in [0.4, 0.5) is 10.1 Å². The zero-order chi connectivity index (χ0) is 19.0. The number of nitrogens with zero attached hydrogens (tertiary/aromatic N) is 5. The van der Waals surface area contributed by atoms with Crippen molar-refractivity contribution in [1.29, 1.82) is 5.26 Å². The van der Waals surface area contributed by atoms with Gasteiger partial charge in [-0.05, 0) is 12.1 Å². The summed E-state index contributed by atoms with van der Waals surface area (Å²) in [6.45, 7) is 1.83. The molecule has 0 radical (unpaired) electrons. The molecule has 0 bridgehead atoms. The summed E-state index contributed by atoms with van der Waals surface area (Å²) in [6.07, 6.45) is 2.88. The number of anilines is 1. The molecule has 4 rings (SSSR count). The minimum absolute atomic E-state index is 0.0674. The largest absolute Gasteiger partial charge is 0.617 e. The van der Waals surface area contributed by atoms with Gasteiger partial charge < -0.3 is 20.1 Å². The van der Waals surface area contributed by atoms with Crippen molar-refractivity contribution in [3.8, 4) is 17.3 Å². The topological polar surface area (TPSA) is 103 Å². The summed E-state index contributed by atoms with van der Waals surface area (Å²) in [5.74, 6) is -0.612. The molecule has 1 fully saturated rings. The molecular weight excluding hydrogens is 353 g/mol.